The fourth-order valence-corrected chi connectivity index (χ4v) is 3.74. The highest BCUT2D eigenvalue weighted by atomic mass is 16.7. The lowest BCUT2D eigenvalue weighted by Gasteiger charge is -2.24. The van der Waals surface area contributed by atoms with Gasteiger partial charge in [0.15, 0.2) is 17.2 Å². The Bertz CT molecular complexity index is 1110. The average molecular weight is 421 g/mol. The van der Waals surface area contributed by atoms with Gasteiger partial charge in [0.25, 0.3) is 5.91 Å². The van der Waals surface area contributed by atoms with Crippen molar-refractivity contribution in [3.8, 4) is 17.2 Å². The van der Waals surface area contributed by atoms with Crippen LogP contribution in [0.25, 0.3) is 0 Å². The smallest absolute Gasteiger partial charge is 0.272 e. The molecular weight excluding hydrogens is 398 g/mol. The van der Waals surface area contributed by atoms with Crippen LogP contribution in [0.3, 0.4) is 0 Å². The van der Waals surface area contributed by atoms with Crippen LogP contribution < -0.4 is 19.5 Å². The normalized spacial score (nSPS) is 16.6. The number of carbonyl (C=O) groups is 1. The number of carbonyl (C=O) groups excluding carboxylic acids is 1. The third-order valence-electron chi connectivity index (χ3n) is 5.30. The molecule has 1 unspecified atom stereocenters. The lowest BCUT2D eigenvalue weighted by molar-refractivity contribution is -0.00128. The Labute approximate surface area is 179 Å². The average Bonchev–Trinajstić information content (AvgIpc) is 3.43. The summed E-state index contributed by atoms with van der Waals surface area (Å²) in [6.45, 7) is 4.09. The van der Waals surface area contributed by atoms with Gasteiger partial charge in [-0.05, 0) is 48.4 Å². The molecule has 0 fully saturated rings. The van der Waals surface area contributed by atoms with E-state index in [1.165, 1.54) is 0 Å². The van der Waals surface area contributed by atoms with Crippen LogP contribution in [0.5, 0.6) is 17.2 Å². The summed E-state index contributed by atoms with van der Waals surface area (Å²) in [5.74, 6) is 2.03. The van der Waals surface area contributed by atoms with Crippen LogP contribution in [0.4, 0.5) is 0 Å². The van der Waals surface area contributed by atoms with Crippen molar-refractivity contribution >= 4 is 5.91 Å². The van der Waals surface area contributed by atoms with Crippen LogP contribution in [-0.4, -0.2) is 29.1 Å². The molecule has 160 valence electrons. The predicted octanol–water partition coefficient (Wildman–Crippen LogP) is 3.21. The van der Waals surface area contributed by atoms with Crippen LogP contribution in [-0.2, 0) is 24.4 Å². The minimum atomic E-state index is -0.219. The maximum atomic E-state index is 12.6. The Kier molecular flexibility index (Phi) is 5.21. The van der Waals surface area contributed by atoms with E-state index in [9.17, 15) is 4.79 Å². The van der Waals surface area contributed by atoms with Gasteiger partial charge in [-0.3, -0.25) is 9.48 Å². The van der Waals surface area contributed by atoms with Crippen molar-refractivity contribution < 1.29 is 23.7 Å². The van der Waals surface area contributed by atoms with Crippen LogP contribution in [0, 0.1) is 0 Å². The largest absolute Gasteiger partial charge is 0.494 e. The number of fused-ring (bicyclic) bond motifs is 2. The van der Waals surface area contributed by atoms with E-state index in [1.54, 1.807) is 6.07 Å². The zero-order valence-electron chi connectivity index (χ0n) is 17.2. The van der Waals surface area contributed by atoms with E-state index < -0.39 is 0 Å². The van der Waals surface area contributed by atoms with Gasteiger partial charge in [0, 0.05) is 6.54 Å². The van der Waals surface area contributed by atoms with Gasteiger partial charge in [0.1, 0.15) is 11.9 Å². The van der Waals surface area contributed by atoms with Gasteiger partial charge in [-0.2, -0.15) is 5.10 Å². The second-order valence-electron chi connectivity index (χ2n) is 7.38. The van der Waals surface area contributed by atoms with E-state index in [-0.39, 0.29) is 18.8 Å². The van der Waals surface area contributed by atoms with Crippen molar-refractivity contribution in [3.63, 3.8) is 0 Å². The molecule has 0 aliphatic carbocycles. The maximum Gasteiger partial charge on any atom is 0.272 e. The van der Waals surface area contributed by atoms with E-state index in [1.807, 2.05) is 54.1 Å². The lowest BCUT2D eigenvalue weighted by Crippen LogP contribution is -2.24. The fourth-order valence-electron chi connectivity index (χ4n) is 3.74. The van der Waals surface area contributed by atoms with Gasteiger partial charge in [0.2, 0.25) is 6.79 Å². The van der Waals surface area contributed by atoms with Crippen molar-refractivity contribution in [3.05, 3.63) is 71.0 Å². The number of nitrogens with zero attached hydrogens (tertiary/aromatic N) is 2. The molecular formula is C23H23N3O5. The Hall–Kier alpha value is -3.52. The predicted molar refractivity (Wildman–Crippen MR) is 111 cm³/mol. The first kappa shape index (κ1) is 19.4. The zero-order valence-corrected chi connectivity index (χ0v) is 17.2. The molecule has 0 spiro atoms. The van der Waals surface area contributed by atoms with Gasteiger partial charge in [-0.1, -0.05) is 18.2 Å². The van der Waals surface area contributed by atoms with Gasteiger partial charge in [-0.15, -0.1) is 0 Å². The summed E-state index contributed by atoms with van der Waals surface area (Å²) in [5, 5.41) is 7.43. The van der Waals surface area contributed by atoms with Gasteiger partial charge < -0.3 is 24.3 Å². The lowest BCUT2D eigenvalue weighted by atomic mass is 10.1. The number of hydrogen-bond donors (Lipinski definition) is 1. The summed E-state index contributed by atoms with van der Waals surface area (Å²) in [5.41, 5.74) is 3.21. The Balaban J connectivity index is 1.24. The second-order valence-corrected chi connectivity index (χ2v) is 7.38. The molecule has 8 nitrogen and oxygen atoms in total. The summed E-state index contributed by atoms with van der Waals surface area (Å²) in [6.07, 6.45) is -0.167. The van der Waals surface area contributed by atoms with E-state index in [4.69, 9.17) is 18.9 Å². The topological polar surface area (TPSA) is 83.8 Å². The quantitative estimate of drug-likeness (QED) is 0.658. The van der Waals surface area contributed by atoms with E-state index in [2.05, 4.69) is 10.4 Å². The molecule has 1 N–H and O–H groups in total. The molecule has 1 amide bonds. The first-order valence-electron chi connectivity index (χ1n) is 10.3. The number of benzene rings is 2. The molecule has 0 radical (unpaired) electrons. The standard InChI is InChI=1S/C23H23N3O5/c1-2-28-18-5-3-4-15(8-18)11-24-23(27)19-10-17-13-29-22(12-26(17)25-19)16-6-7-20-21(9-16)31-14-30-20/h3-10,22H,2,11-14H2,1H3,(H,24,27). The Morgan fingerprint density at radius 2 is 2.10 bits per heavy atom. The zero-order chi connectivity index (χ0) is 21.2. The van der Waals surface area contributed by atoms with Crippen LogP contribution in [0.1, 0.15) is 40.3 Å². The number of aromatic nitrogens is 2. The first-order valence-corrected chi connectivity index (χ1v) is 10.3. The number of amides is 1. The summed E-state index contributed by atoms with van der Waals surface area (Å²) >= 11 is 0. The van der Waals surface area contributed by atoms with Crippen molar-refractivity contribution in [1.29, 1.82) is 0 Å². The summed E-state index contributed by atoms with van der Waals surface area (Å²) in [6, 6.07) is 15.3. The van der Waals surface area contributed by atoms with Crippen molar-refractivity contribution in [2.24, 2.45) is 0 Å². The van der Waals surface area contributed by atoms with Gasteiger partial charge >= 0.3 is 0 Å². The van der Waals surface area contributed by atoms with Gasteiger partial charge in [-0.25, -0.2) is 0 Å². The van der Waals surface area contributed by atoms with Crippen LogP contribution >= 0.6 is 0 Å². The molecule has 2 aromatic carbocycles. The molecule has 0 bridgehead atoms. The minimum Gasteiger partial charge on any atom is -0.494 e. The highest BCUT2D eigenvalue weighted by Crippen LogP contribution is 2.36. The molecule has 3 aromatic rings. The molecule has 3 heterocycles. The summed E-state index contributed by atoms with van der Waals surface area (Å²) in [4.78, 5) is 12.6. The second kappa shape index (κ2) is 8.31. The maximum absolute atomic E-state index is 12.6. The number of rotatable bonds is 6. The van der Waals surface area contributed by atoms with E-state index in [0.717, 1.165) is 34.1 Å². The molecule has 8 heteroatoms. The number of hydrogen-bond acceptors (Lipinski definition) is 6. The van der Waals surface area contributed by atoms with Crippen molar-refractivity contribution in [1.82, 2.24) is 15.1 Å². The summed E-state index contributed by atoms with van der Waals surface area (Å²) < 4.78 is 24.2. The highest BCUT2D eigenvalue weighted by Gasteiger charge is 2.25. The molecule has 2 aliphatic rings. The highest BCUT2D eigenvalue weighted by molar-refractivity contribution is 5.92. The monoisotopic (exact) mass is 421 g/mol. The van der Waals surface area contributed by atoms with Crippen molar-refractivity contribution in [2.75, 3.05) is 13.4 Å². The van der Waals surface area contributed by atoms with E-state index >= 15 is 0 Å². The fraction of sp³-hybridized carbons (Fsp3) is 0.304. The molecule has 1 atom stereocenters. The number of nitrogens with one attached hydrogen (secondary N) is 1. The third-order valence-corrected chi connectivity index (χ3v) is 5.30. The minimum absolute atomic E-state index is 0.167. The Morgan fingerprint density at radius 3 is 3.00 bits per heavy atom. The Morgan fingerprint density at radius 1 is 1.19 bits per heavy atom. The molecule has 0 saturated carbocycles. The van der Waals surface area contributed by atoms with Gasteiger partial charge in [0.05, 0.1) is 25.5 Å². The van der Waals surface area contributed by atoms with E-state index in [0.29, 0.717) is 32.0 Å². The first-order chi connectivity index (χ1) is 15.2. The molecule has 1 aromatic heterocycles. The van der Waals surface area contributed by atoms with Crippen molar-refractivity contribution in [2.45, 2.75) is 32.7 Å². The molecule has 2 aliphatic heterocycles. The molecule has 0 saturated heterocycles. The number of ether oxygens (including phenoxy) is 4. The molecule has 5 rings (SSSR count). The SMILES string of the molecule is CCOc1cccc(CNC(=O)c2cc3n(n2)CC(c2ccc4c(c2)OCO4)OC3)c1. The third kappa shape index (κ3) is 4.06. The summed E-state index contributed by atoms with van der Waals surface area (Å²) in [7, 11) is 0. The molecule has 31 heavy (non-hydrogen) atoms. The van der Waals surface area contributed by atoms with Crippen LogP contribution in [0.2, 0.25) is 0 Å². The van der Waals surface area contributed by atoms with Crippen LogP contribution in [0.15, 0.2) is 48.5 Å².